The third-order valence-electron chi connectivity index (χ3n) is 3.44. The predicted molar refractivity (Wildman–Crippen MR) is 77.4 cm³/mol. The minimum atomic E-state index is -1.03. The van der Waals surface area contributed by atoms with Gasteiger partial charge in [-0.15, -0.1) is 11.3 Å². The molecule has 10 heteroatoms. The molecule has 1 amide bonds. The molecule has 1 fully saturated rings. The van der Waals surface area contributed by atoms with Crippen LogP contribution in [0.5, 0.6) is 0 Å². The second-order valence-corrected chi connectivity index (χ2v) is 5.50. The zero-order chi connectivity index (χ0) is 15.0. The number of nitrogen functional groups attached to an aromatic ring is 1. The summed E-state index contributed by atoms with van der Waals surface area (Å²) >= 11 is 1.37. The predicted octanol–water partition coefficient (Wildman–Crippen LogP) is -0.171. The second-order valence-electron chi connectivity index (χ2n) is 4.67. The number of hydrogen-bond acceptors (Lipinski definition) is 8. The molecular formula is C11H14N6O3S. The van der Waals surface area contributed by atoms with Crippen LogP contribution >= 0.6 is 11.3 Å². The molecule has 0 saturated carbocycles. The maximum absolute atomic E-state index is 11.1. The van der Waals surface area contributed by atoms with Crippen molar-refractivity contribution in [1.82, 2.24) is 19.9 Å². The quantitative estimate of drug-likeness (QED) is 0.697. The van der Waals surface area contributed by atoms with Crippen LogP contribution in [0.4, 0.5) is 16.6 Å². The van der Waals surface area contributed by atoms with Gasteiger partial charge in [-0.05, 0) is 0 Å². The molecule has 2 aromatic heterocycles. The van der Waals surface area contributed by atoms with Gasteiger partial charge in [0, 0.05) is 19.6 Å². The van der Waals surface area contributed by atoms with Crippen LogP contribution in [0.15, 0.2) is 5.51 Å². The Morgan fingerprint density at radius 3 is 3.00 bits per heavy atom. The number of amides is 1. The molecule has 21 heavy (non-hydrogen) atoms. The van der Waals surface area contributed by atoms with Crippen LogP contribution < -0.4 is 10.6 Å². The van der Waals surface area contributed by atoms with Crippen molar-refractivity contribution in [3.63, 3.8) is 0 Å². The second kappa shape index (κ2) is 5.30. The number of carboxylic acid groups (broad SMARTS) is 1. The lowest BCUT2D eigenvalue weighted by atomic mass is 10.2. The van der Waals surface area contributed by atoms with E-state index >= 15 is 0 Å². The lowest BCUT2D eigenvalue weighted by molar-refractivity contribution is 0.0909. The molecule has 3 rings (SSSR count). The van der Waals surface area contributed by atoms with Gasteiger partial charge in [0.1, 0.15) is 5.52 Å². The Kier molecular flexibility index (Phi) is 3.47. The number of nitrogens with two attached hydrogens (primary N) is 1. The van der Waals surface area contributed by atoms with Gasteiger partial charge in [0.2, 0.25) is 5.95 Å². The number of thiazole rings is 1. The van der Waals surface area contributed by atoms with E-state index in [0.29, 0.717) is 29.3 Å². The number of aliphatic hydroxyl groups excluding tert-OH is 1. The van der Waals surface area contributed by atoms with E-state index in [2.05, 4.69) is 15.0 Å². The molecule has 0 radical (unpaired) electrons. The van der Waals surface area contributed by atoms with Crippen LogP contribution in [0.1, 0.15) is 0 Å². The van der Waals surface area contributed by atoms with E-state index in [9.17, 15) is 9.90 Å². The topological polar surface area (TPSA) is 129 Å². The van der Waals surface area contributed by atoms with Gasteiger partial charge in [-0.2, -0.15) is 4.98 Å². The fourth-order valence-corrected chi connectivity index (χ4v) is 3.10. The summed E-state index contributed by atoms with van der Waals surface area (Å²) in [5.74, 6) is 0.741. The average molecular weight is 310 g/mol. The molecule has 9 nitrogen and oxygen atoms in total. The van der Waals surface area contributed by atoms with Crippen molar-refractivity contribution in [1.29, 1.82) is 0 Å². The van der Waals surface area contributed by atoms with Crippen LogP contribution in [0.25, 0.3) is 10.3 Å². The van der Waals surface area contributed by atoms with Crippen molar-refractivity contribution in [2.45, 2.75) is 6.04 Å². The van der Waals surface area contributed by atoms with E-state index in [4.69, 9.17) is 10.8 Å². The van der Waals surface area contributed by atoms with Gasteiger partial charge in [0.05, 0.1) is 18.2 Å². The summed E-state index contributed by atoms with van der Waals surface area (Å²) < 4.78 is 0. The summed E-state index contributed by atoms with van der Waals surface area (Å²) in [6.07, 6.45) is -1.03. The van der Waals surface area contributed by atoms with Gasteiger partial charge in [-0.1, -0.05) is 0 Å². The summed E-state index contributed by atoms with van der Waals surface area (Å²) in [6.45, 7) is 0.845. The molecule has 1 aliphatic heterocycles. The van der Waals surface area contributed by atoms with E-state index in [0.717, 1.165) is 0 Å². The summed E-state index contributed by atoms with van der Waals surface area (Å²) in [5, 5.41) is 18.5. The van der Waals surface area contributed by atoms with E-state index in [-0.39, 0.29) is 19.1 Å². The smallest absolute Gasteiger partial charge is 0.407 e. The molecule has 0 unspecified atom stereocenters. The van der Waals surface area contributed by atoms with Gasteiger partial charge in [0.15, 0.2) is 10.6 Å². The van der Waals surface area contributed by atoms with Gasteiger partial charge < -0.3 is 20.8 Å². The van der Waals surface area contributed by atoms with Crippen molar-refractivity contribution in [2.24, 2.45) is 0 Å². The lowest BCUT2D eigenvalue weighted by Crippen LogP contribution is -2.56. The number of nitrogens with zero attached hydrogens (tertiary/aromatic N) is 5. The molecule has 1 atom stereocenters. The minimum Gasteiger partial charge on any atom is -0.465 e. The fraction of sp³-hybridized carbons (Fsp3) is 0.455. The highest BCUT2D eigenvalue weighted by Crippen LogP contribution is 2.27. The summed E-state index contributed by atoms with van der Waals surface area (Å²) in [5.41, 5.74) is 8.02. The molecule has 0 spiro atoms. The molecule has 0 bridgehead atoms. The Bertz CT molecular complexity index is 677. The van der Waals surface area contributed by atoms with Gasteiger partial charge in [-0.25, -0.2) is 14.8 Å². The van der Waals surface area contributed by atoms with E-state index < -0.39 is 12.1 Å². The van der Waals surface area contributed by atoms with Crippen LogP contribution in [0.2, 0.25) is 0 Å². The van der Waals surface area contributed by atoms with Crippen molar-refractivity contribution >= 4 is 39.5 Å². The molecule has 0 aliphatic carbocycles. The summed E-state index contributed by atoms with van der Waals surface area (Å²) in [4.78, 5) is 27.5. The number of fused-ring (bicyclic) bond motifs is 1. The number of hydrogen-bond donors (Lipinski definition) is 3. The van der Waals surface area contributed by atoms with Crippen molar-refractivity contribution < 1.29 is 15.0 Å². The first-order valence-electron chi connectivity index (χ1n) is 6.32. The largest absolute Gasteiger partial charge is 0.465 e. The van der Waals surface area contributed by atoms with Gasteiger partial charge >= 0.3 is 6.09 Å². The van der Waals surface area contributed by atoms with Crippen molar-refractivity contribution in [3.05, 3.63) is 5.51 Å². The van der Waals surface area contributed by atoms with Gasteiger partial charge in [-0.3, -0.25) is 4.90 Å². The summed E-state index contributed by atoms with van der Waals surface area (Å²) in [6, 6.07) is -0.499. The maximum atomic E-state index is 11.1. The van der Waals surface area contributed by atoms with Crippen LogP contribution in [0, 0.1) is 0 Å². The Labute approximate surface area is 123 Å². The van der Waals surface area contributed by atoms with Crippen LogP contribution in [0.3, 0.4) is 0 Å². The minimum absolute atomic E-state index is 0.156. The standard InChI is InChI=1S/C11H14N6O3S/c12-10-14-8(7-9(15-10)21-5-13-7)16-1-2-17(11(19)20)6(3-16)4-18/h5-6,18H,1-4H2,(H,19,20)(H2,12,14,15)/t6-/m0/s1. The van der Waals surface area contributed by atoms with E-state index in [1.165, 1.54) is 16.2 Å². The zero-order valence-electron chi connectivity index (χ0n) is 11.0. The van der Waals surface area contributed by atoms with Crippen molar-refractivity contribution in [3.8, 4) is 0 Å². The monoisotopic (exact) mass is 310 g/mol. The van der Waals surface area contributed by atoms with Crippen molar-refractivity contribution in [2.75, 3.05) is 36.9 Å². The normalized spacial score (nSPS) is 19.2. The summed E-state index contributed by atoms with van der Waals surface area (Å²) in [7, 11) is 0. The average Bonchev–Trinajstić information content (AvgIpc) is 2.93. The molecule has 0 aromatic carbocycles. The van der Waals surface area contributed by atoms with Crippen LogP contribution in [-0.2, 0) is 0 Å². The Morgan fingerprint density at radius 2 is 2.29 bits per heavy atom. The highest BCUT2D eigenvalue weighted by Gasteiger charge is 2.31. The molecular weight excluding hydrogens is 296 g/mol. The number of piperazine rings is 1. The molecule has 4 N–H and O–H groups in total. The Balaban J connectivity index is 1.93. The highest BCUT2D eigenvalue weighted by atomic mass is 32.1. The Hall–Kier alpha value is -2.20. The Morgan fingerprint density at radius 1 is 1.48 bits per heavy atom. The number of aromatic nitrogens is 3. The molecule has 1 saturated heterocycles. The zero-order valence-corrected chi connectivity index (χ0v) is 11.8. The fourth-order valence-electron chi connectivity index (χ4n) is 2.44. The SMILES string of the molecule is Nc1nc(N2CCN(C(=O)O)[C@H](CO)C2)c2ncsc2n1. The highest BCUT2D eigenvalue weighted by molar-refractivity contribution is 7.16. The maximum Gasteiger partial charge on any atom is 0.407 e. The lowest BCUT2D eigenvalue weighted by Gasteiger charge is -2.39. The molecule has 112 valence electrons. The van der Waals surface area contributed by atoms with Crippen LogP contribution in [-0.4, -0.2) is 68.4 Å². The van der Waals surface area contributed by atoms with Gasteiger partial charge in [0.25, 0.3) is 0 Å². The molecule has 3 heterocycles. The van der Waals surface area contributed by atoms with E-state index in [1.54, 1.807) is 5.51 Å². The molecule has 2 aromatic rings. The van der Waals surface area contributed by atoms with E-state index in [1.807, 2.05) is 4.90 Å². The number of carbonyl (C=O) groups is 1. The third-order valence-corrected chi connectivity index (χ3v) is 4.15. The number of anilines is 2. The number of rotatable bonds is 2. The first-order valence-corrected chi connectivity index (χ1v) is 7.20. The molecule has 1 aliphatic rings. The first-order chi connectivity index (χ1) is 10.1. The third kappa shape index (κ3) is 2.43. The number of aliphatic hydroxyl groups is 1. The first kappa shape index (κ1) is 13.8.